The zero-order chi connectivity index (χ0) is 18.8. The van der Waals surface area contributed by atoms with E-state index in [0.717, 1.165) is 29.7 Å². The van der Waals surface area contributed by atoms with Gasteiger partial charge < -0.3 is 15.5 Å². The third-order valence-corrected chi connectivity index (χ3v) is 5.26. The van der Waals surface area contributed by atoms with Crippen LogP contribution in [0.1, 0.15) is 29.2 Å². The van der Waals surface area contributed by atoms with E-state index in [4.69, 9.17) is 0 Å². The molecule has 5 heteroatoms. The predicted octanol–water partition coefficient (Wildman–Crippen LogP) is 3.08. The summed E-state index contributed by atoms with van der Waals surface area (Å²) in [4.78, 5) is 27.0. The van der Waals surface area contributed by atoms with Gasteiger partial charge in [-0.05, 0) is 36.5 Å². The molecule has 0 aromatic heterocycles. The molecule has 0 saturated heterocycles. The Morgan fingerprint density at radius 2 is 1.78 bits per heavy atom. The molecule has 3 amide bonds. The first-order valence-corrected chi connectivity index (χ1v) is 9.33. The molecule has 2 aromatic carbocycles. The number of nitrogens with one attached hydrogen (secondary N) is 2. The molecule has 5 nitrogen and oxygen atoms in total. The highest BCUT2D eigenvalue weighted by Gasteiger charge is 2.40. The molecule has 0 radical (unpaired) electrons. The molecular formula is C22H23N3O2. The molecular weight excluding hydrogens is 338 g/mol. The van der Waals surface area contributed by atoms with Crippen LogP contribution in [0, 0.1) is 6.92 Å². The summed E-state index contributed by atoms with van der Waals surface area (Å²) in [6.45, 7) is 3.15. The fourth-order valence-electron chi connectivity index (χ4n) is 3.87. The first kappa shape index (κ1) is 17.3. The minimum Gasteiger partial charge on any atom is -0.333 e. The van der Waals surface area contributed by atoms with Gasteiger partial charge in [0.05, 0.1) is 23.9 Å². The lowest BCUT2D eigenvalue weighted by molar-refractivity contribution is -0.125. The van der Waals surface area contributed by atoms with Crippen molar-refractivity contribution in [2.75, 3.05) is 13.1 Å². The molecule has 0 unspecified atom stereocenters. The van der Waals surface area contributed by atoms with Gasteiger partial charge in [-0.25, -0.2) is 4.79 Å². The Morgan fingerprint density at radius 3 is 2.56 bits per heavy atom. The number of hydrogen-bond donors (Lipinski definition) is 2. The molecule has 2 aliphatic heterocycles. The first-order chi connectivity index (χ1) is 13.1. The Hall–Kier alpha value is -3.08. The topological polar surface area (TPSA) is 61.4 Å². The summed E-state index contributed by atoms with van der Waals surface area (Å²) in [6.07, 6.45) is 1.83. The number of amides is 3. The number of urea groups is 1. The van der Waals surface area contributed by atoms with Gasteiger partial charge in [-0.2, -0.15) is 0 Å². The lowest BCUT2D eigenvalue weighted by atomic mass is 9.93. The molecule has 0 saturated carbocycles. The van der Waals surface area contributed by atoms with Gasteiger partial charge in [0.2, 0.25) is 0 Å². The quantitative estimate of drug-likeness (QED) is 0.860. The van der Waals surface area contributed by atoms with Gasteiger partial charge in [0.1, 0.15) is 0 Å². The number of rotatable bonds is 5. The van der Waals surface area contributed by atoms with E-state index in [1.165, 1.54) is 5.56 Å². The van der Waals surface area contributed by atoms with Gasteiger partial charge in [-0.1, -0.05) is 54.6 Å². The molecule has 2 aromatic rings. The highest BCUT2D eigenvalue weighted by molar-refractivity contribution is 6.01. The molecule has 2 aliphatic rings. The van der Waals surface area contributed by atoms with Crippen molar-refractivity contribution < 1.29 is 9.59 Å². The van der Waals surface area contributed by atoms with Crippen LogP contribution in [-0.4, -0.2) is 29.9 Å². The first-order valence-electron chi connectivity index (χ1n) is 9.33. The van der Waals surface area contributed by atoms with Gasteiger partial charge in [-0.15, -0.1) is 0 Å². The van der Waals surface area contributed by atoms with E-state index in [9.17, 15) is 9.59 Å². The Labute approximate surface area is 159 Å². The average Bonchev–Trinajstić information content (AvgIpc) is 2.98. The Bertz CT molecular complexity index is 905. The third kappa shape index (κ3) is 3.45. The number of aryl methyl sites for hydroxylation is 2. The van der Waals surface area contributed by atoms with E-state index in [1.54, 1.807) is 0 Å². The van der Waals surface area contributed by atoms with Crippen LogP contribution in [0.15, 0.2) is 65.9 Å². The highest BCUT2D eigenvalue weighted by Crippen LogP contribution is 2.33. The minimum absolute atomic E-state index is 0.0128. The second kappa shape index (κ2) is 7.27. The smallest absolute Gasteiger partial charge is 0.319 e. The van der Waals surface area contributed by atoms with E-state index in [0.29, 0.717) is 18.7 Å². The molecule has 27 heavy (non-hydrogen) atoms. The summed E-state index contributed by atoms with van der Waals surface area (Å²) in [7, 11) is 0. The lowest BCUT2D eigenvalue weighted by Gasteiger charge is -2.26. The van der Waals surface area contributed by atoms with Crippen molar-refractivity contribution in [1.82, 2.24) is 15.5 Å². The van der Waals surface area contributed by atoms with Gasteiger partial charge >= 0.3 is 6.03 Å². The van der Waals surface area contributed by atoms with Crippen LogP contribution in [-0.2, 0) is 11.2 Å². The van der Waals surface area contributed by atoms with E-state index in [1.807, 2.05) is 54.3 Å². The van der Waals surface area contributed by atoms with Crippen LogP contribution in [0.4, 0.5) is 4.79 Å². The number of carbonyl (C=O) groups excluding carboxylic acids is 2. The maximum atomic E-state index is 13.1. The van der Waals surface area contributed by atoms with Crippen LogP contribution in [0.3, 0.4) is 0 Å². The van der Waals surface area contributed by atoms with Crippen molar-refractivity contribution in [2.24, 2.45) is 0 Å². The fraction of sp³-hybridized carbons (Fsp3) is 0.273. The van der Waals surface area contributed by atoms with E-state index in [-0.39, 0.29) is 18.0 Å². The molecule has 1 atom stereocenters. The average molecular weight is 361 g/mol. The Kier molecular flexibility index (Phi) is 4.67. The van der Waals surface area contributed by atoms with Crippen molar-refractivity contribution in [3.05, 3.63) is 82.6 Å². The predicted molar refractivity (Wildman–Crippen MR) is 104 cm³/mol. The zero-order valence-electron chi connectivity index (χ0n) is 15.4. The summed E-state index contributed by atoms with van der Waals surface area (Å²) < 4.78 is 0. The lowest BCUT2D eigenvalue weighted by Crippen LogP contribution is -2.44. The van der Waals surface area contributed by atoms with E-state index < -0.39 is 0 Å². The van der Waals surface area contributed by atoms with Crippen LogP contribution < -0.4 is 10.6 Å². The summed E-state index contributed by atoms with van der Waals surface area (Å²) in [5, 5.41) is 5.76. The number of nitrogens with zero attached hydrogens (tertiary/aromatic N) is 1. The van der Waals surface area contributed by atoms with E-state index in [2.05, 4.69) is 22.8 Å². The summed E-state index contributed by atoms with van der Waals surface area (Å²) in [5.41, 5.74) is 4.71. The van der Waals surface area contributed by atoms with Gasteiger partial charge in [0, 0.05) is 6.54 Å². The minimum atomic E-state index is -0.387. The van der Waals surface area contributed by atoms with Gasteiger partial charge in [0.25, 0.3) is 5.91 Å². The van der Waals surface area contributed by atoms with Crippen molar-refractivity contribution in [3.63, 3.8) is 0 Å². The summed E-state index contributed by atoms with van der Waals surface area (Å²) >= 11 is 0. The Morgan fingerprint density at radius 1 is 1.04 bits per heavy atom. The molecule has 2 heterocycles. The van der Waals surface area contributed by atoms with Crippen LogP contribution in [0.2, 0.25) is 0 Å². The molecule has 0 aliphatic carbocycles. The van der Waals surface area contributed by atoms with Crippen molar-refractivity contribution >= 4 is 11.9 Å². The fourth-order valence-corrected chi connectivity index (χ4v) is 3.87. The molecule has 4 rings (SSSR count). The second-order valence-corrected chi connectivity index (χ2v) is 7.10. The summed E-state index contributed by atoms with van der Waals surface area (Å²) in [6, 6.07) is 17.5. The van der Waals surface area contributed by atoms with Crippen LogP contribution >= 0.6 is 0 Å². The number of benzene rings is 2. The van der Waals surface area contributed by atoms with Gasteiger partial charge in [0.15, 0.2) is 0 Å². The van der Waals surface area contributed by atoms with Crippen LogP contribution in [0.5, 0.6) is 0 Å². The van der Waals surface area contributed by atoms with Crippen molar-refractivity contribution in [3.8, 4) is 0 Å². The molecule has 0 fully saturated rings. The number of carbonyl (C=O) groups is 2. The van der Waals surface area contributed by atoms with Crippen LogP contribution in [0.25, 0.3) is 0 Å². The molecule has 0 bridgehead atoms. The standard InChI is InChI=1S/C22H23N3O2/c1-15-8-5-6-12-17(15)20-19-18(23-22(27)24-20)14-25(21(19)26)13-7-11-16-9-3-2-4-10-16/h2-6,8-10,12,20H,7,11,13-14H2,1H3,(H2,23,24,27)/t20-/m1/s1. The van der Waals surface area contributed by atoms with Crippen molar-refractivity contribution in [1.29, 1.82) is 0 Å². The summed E-state index contributed by atoms with van der Waals surface area (Å²) in [5.74, 6) is 0.0128. The molecule has 0 spiro atoms. The third-order valence-electron chi connectivity index (χ3n) is 5.26. The normalized spacial score (nSPS) is 19.0. The maximum Gasteiger partial charge on any atom is 0.319 e. The van der Waals surface area contributed by atoms with Crippen molar-refractivity contribution in [2.45, 2.75) is 25.8 Å². The SMILES string of the molecule is Cc1ccccc1[C@H]1NC(=O)NC2=C1C(=O)N(CCCc1ccccc1)C2. The zero-order valence-corrected chi connectivity index (χ0v) is 15.4. The maximum absolute atomic E-state index is 13.1. The van der Waals surface area contributed by atoms with E-state index >= 15 is 0 Å². The Balaban J connectivity index is 1.49. The molecule has 138 valence electrons. The molecule has 2 N–H and O–H groups in total. The monoisotopic (exact) mass is 361 g/mol. The number of hydrogen-bond acceptors (Lipinski definition) is 2. The van der Waals surface area contributed by atoms with Gasteiger partial charge in [-0.3, -0.25) is 4.79 Å². The second-order valence-electron chi connectivity index (χ2n) is 7.10. The largest absolute Gasteiger partial charge is 0.333 e. The highest BCUT2D eigenvalue weighted by atomic mass is 16.2.